The van der Waals surface area contributed by atoms with Gasteiger partial charge in [-0.25, -0.2) is 4.98 Å². The summed E-state index contributed by atoms with van der Waals surface area (Å²) >= 11 is 0. The molecule has 1 aromatic heterocycles. The lowest BCUT2D eigenvalue weighted by molar-refractivity contribution is -0.0614. The first-order valence-corrected chi connectivity index (χ1v) is 8.46. The van der Waals surface area contributed by atoms with Crippen LogP contribution in [0.4, 0.5) is 0 Å². The molecule has 0 radical (unpaired) electrons. The third kappa shape index (κ3) is 2.88. The average molecular weight is 320 g/mol. The first-order valence-electron chi connectivity index (χ1n) is 8.46. The van der Waals surface area contributed by atoms with Crippen molar-refractivity contribution in [2.24, 2.45) is 7.05 Å². The van der Waals surface area contributed by atoms with E-state index in [2.05, 4.69) is 9.88 Å². The van der Waals surface area contributed by atoms with Crippen molar-refractivity contribution in [2.45, 2.75) is 31.1 Å². The highest BCUT2D eigenvalue weighted by atomic mass is 16.5. The summed E-state index contributed by atoms with van der Waals surface area (Å²) in [7, 11) is 1.85. The number of morpholine rings is 1. The Labute approximate surface area is 136 Å². The number of hydrogen-bond donors (Lipinski definition) is 0. The molecule has 0 aromatic carbocycles. The number of fused-ring (bicyclic) bond motifs is 1. The van der Waals surface area contributed by atoms with Crippen LogP contribution in [-0.2, 0) is 16.5 Å². The molecule has 0 N–H and O–H groups in total. The predicted molar refractivity (Wildman–Crippen MR) is 83.2 cm³/mol. The molecule has 0 aliphatic carbocycles. The molecule has 4 heterocycles. The summed E-state index contributed by atoms with van der Waals surface area (Å²) in [5, 5.41) is 0. The lowest BCUT2D eigenvalue weighted by atomic mass is 10.1. The standard InChI is InChI=1S/C16H24N4O3/c1-18-5-4-17-15(18)16(21)20-10-13-14(11-20)23-8-6-19(13)9-12-3-2-7-22-12/h4-5,12-14H,2-3,6-11H2,1H3/t12-,13+,14-/m0/s1. The van der Waals surface area contributed by atoms with E-state index in [1.54, 1.807) is 17.0 Å². The Morgan fingerprint density at radius 2 is 2.26 bits per heavy atom. The van der Waals surface area contributed by atoms with Crippen LogP contribution in [-0.4, -0.2) is 82.9 Å². The molecule has 3 atom stereocenters. The molecule has 0 bridgehead atoms. The SMILES string of the molecule is Cn1ccnc1C(=O)N1C[C@@H]2OCCN(C[C@@H]3CCCO3)[C@@H]2C1. The zero-order valence-electron chi connectivity index (χ0n) is 13.6. The molecule has 7 nitrogen and oxygen atoms in total. The maximum absolute atomic E-state index is 12.7. The summed E-state index contributed by atoms with van der Waals surface area (Å²) in [4.78, 5) is 21.2. The Hall–Kier alpha value is -1.44. The molecule has 4 rings (SSSR count). The van der Waals surface area contributed by atoms with Gasteiger partial charge in [0.15, 0.2) is 5.82 Å². The van der Waals surface area contributed by atoms with Crippen LogP contribution in [0.5, 0.6) is 0 Å². The number of nitrogens with zero attached hydrogens (tertiary/aromatic N) is 4. The smallest absolute Gasteiger partial charge is 0.289 e. The van der Waals surface area contributed by atoms with Gasteiger partial charge < -0.3 is 18.9 Å². The van der Waals surface area contributed by atoms with Gasteiger partial charge in [0.2, 0.25) is 0 Å². The van der Waals surface area contributed by atoms with E-state index in [1.807, 2.05) is 11.9 Å². The lowest BCUT2D eigenvalue weighted by Crippen LogP contribution is -2.52. The third-order valence-corrected chi connectivity index (χ3v) is 5.18. The van der Waals surface area contributed by atoms with E-state index < -0.39 is 0 Å². The van der Waals surface area contributed by atoms with E-state index in [-0.39, 0.29) is 18.1 Å². The third-order valence-electron chi connectivity index (χ3n) is 5.18. The van der Waals surface area contributed by atoms with Crippen molar-refractivity contribution in [3.63, 3.8) is 0 Å². The van der Waals surface area contributed by atoms with Crippen molar-refractivity contribution in [2.75, 3.05) is 39.4 Å². The monoisotopic (exact) mass is 320 g/mol. The second-order valence-corrected chi connectivity index (χ2v) is 6.68. The summed E-state index contributed by atoms with van der Waals surface area (Å²) in [5.74, 6) is 0.488. The number of likely N-dealkylation sites (tertiary alicyclic amines) is 1. The summed E-state index contributed by atoms with van der Waals surface area (Å²) in [6.07, 6.45) is 6.22. The number of rotatable bonds is 3. The number of aryl methyl sites for hydroxylation is 1. The minimum atomic E-state index is -0.00688. The number of ether oxygens (including phenoxy) is 2. The van der Waals surface area contributed by atoms with Gasteiger partial charge in [-0.05, 0) is 12.8 Å². The van der Waals surface area contributed by atoms with Crippen LogP contribution in [0.3, 0.4) is 0 Å². The molecule has 3 fully saturated rings. The van der Waals surface area contributed by atoms with Crippen molar-refractivity contribution in [1.82, 2.24) is 19.4 Å². The topological polar surface area (TPSA) is 59.8 Å². The lowest BCUT2D eigenvalue weighted by Gasteiger charge is -2.37. The molecule has 0 saturated carbocycles. The zero-order chi connectivity index (χ0) is 15.8. The quantitative estimate of drug-likeness (QED) is 0.792. The average Bonchev–Trinajstić information content (AvgIpc) is 3.26. The molecule has 3 saturated heterocycles. The number of carbonyl (C=O) groups is 1. The van der Waals surface area contributed by atoms with Gasteiger partial charge in [0.25, 0.3) is 5.91 Å². The number of amides is 1. The van der Waals surface area contributed by atoms with Crippen LogP contribution in [0.1, 0.15) is 23.5 Å². The minimum Gasteiger partial charge on any atom is -0.377 e. The molecule has 3 aliphatic heterocycles. The Morgan fingerprint density at radius 3 is 3.00 bits per heavy atom. The van der Waals surface area contributed by atoms with Gasteiger partial charge in [-0.2, -0.15) is 0 Å². The number of aromatic nitrogens is 2. The van der Waals surface area contributed by atoms with Crippen molar-refractivity contribution < 1.29 is 14.3 Å². The van der Waals surface area contributed by atoms with Crippen LogP contribution in [0.2, 0.25) is 0 Å². The number of imidazole rings is 1. The second-order valence-electron chi connectivity index (χ2n) is 6.68. The van der Waals surface area contributed by atoms with Gasteiger partial charge in [-0.1, -0.05) is 0 Å². The molecular weight excluding hydrogens is 296 g/mol. The summed E-state index contributed by atoms with van der Waals surface area (Å²) in [5.41, 5.74) is 0. The summed E-state index contributed by atoms with van der Waals surface area (Å²) < 4.78 is 13.5. The minimum absolute atomic E-state index is 0.00688. The number of hydrogen-bond acceptors (Lipinski definition) is 5. The molecule has 1 aromatic rings. The van der Waals surface area contributed by atoms with Gasteiger partial charge >= 0.3 is 0 Å². The molecule has 0 unspecified atom stereocenters. The Kier molecular flexibility index (Phi) is 4.09. The fraction of sp³-hybridized carbons (Fsp3) is 0.750. The molecule has 0 spiro atoms. The van der Waals surface area contributed by atoms with Gasteiger partial charge in [0.05, 0.1) is 24.9 Å². The zero-order valence-corrected chi connectivity index (χ0v) is 13.6. The van der Waals surface area contributed by atoms with Crippen LogP contribution < -0.4 is 0 Å². The molecule has 23 heavy (non-hydrogen) atoms. The van der Waals surface area contributed by atoms with E-state index in [9.17, 15) is 4.79 Å². The second kappa shape index (κ2) is 6.22. The fourth-order valence-electron chi connectivity index (χ4n) is 3.91. The van der Waals surface area contributed by atoms with Crippen LogP contribution in [0.25, 0.3) is 0 Å². The molecule has 1 amide bonds. The van der Waals surface area contributed by atoms with E-state index in [0.29, 0.717) is 25.0 Å². The Balaban J connectivity index is 1.44. The van der Waals surface area contributed by atoms with Crippen molar-refractivity contribution in [3.8, 4) is 0 Å². The highest BCUT2D eigenvalue weighted by Gasteiger charge is 2.43. The number of carbonyl (C=O) groups excluding carboxylic acids is 1. The van der Waals surface area contributed by atoms with E-state index in [1.165, 1.54) is 0 Å². The maximum atomic E-state index is 12.7. The van der Waals surface area contributed by atoms with Crippen molar-refractivity contribution in [3.05, 3.63) is 18.2 Å². The van der Waals surface area contributed by atoms with Gasteiger partial charge in [0, 0.05) is 52.2 Å². The van der Waals surface area contributed by atoms with E-state index in [4.69, 9.17) is 9.47 Å². The Bertz CT molecular complexity index is 569. The van der Waals surface area contributed by atoms with E-state index in [0.717, 1.165) is 39.1 Å². The first kappa shape index (κ1) is 15.1. The molecular formula is C16H24N4O3. The van der Waals surface area contributed by atoms with Crippen molar-refractivity contribution >= 4 is 5.91 Å². The van der Waals surface area contributed by atoms with Gasteiger partial charge in [0.1, 0.15) is 0 Å². The predicted octanol–water partition coefficient (Wildman–Crippen LogP) is 0.124. The van der Waals surface area contributed by atoms with Gasteiger partial charge in [-0.3, -0.25) is 9.69 Å². The first-order chi connectivity index (χ1) is 11.2. The largest absolute Gasteiger partial charge is 0.377 e. The van der Waals surface area contributed by atoms with Crippen LogP contribution in [0, 0.1) is 0 Å². The highest BCUT2D eigenvalue weighted by molar-refractivity contribution is 5.91. The van der Waals surface area contributed by atoms with Crippen LogP contribution in [0.15, 0.2) is 12.4 Å². The maximum Gasteiger partial charge on any atom is 0.289 e. The van der Waals surface area contributed by atoms with Gasteiger partial charge in [-0.15, -0.1) is 0 Å². The van der Waals surface area contributed by atoms with Crippen molar-refractivity contribution in [1.29, 1.82) is 0 Å². The molecule has 7 heteroatoms. The summed E-state index contributed by atoms with van der Waals surface area (Å²) in [6, 6.07) is 0.275. The highest BCUT2D eigenvalue weighted by Crippen LogP contribution is 2.25. The summed E-state index contributed by atoms with van der Waals surface area (Å²) in [6.45, 7) is 4.85. The van der Waals surface area contributed by atoms with E-state index >= 15 is 0 Å². The molecule has 3 aliphatic rings. The van der Waals surface area contributed by atoms with Crippen LogP contribution >= 0.6 is 0 Å². The Morgan fingerprint density at radius 1 is 1.35 bits per heavy atom. The fourth-order valence-corrected chi connectivity index (χ4v) is 3.91. The normalized spacial score (nSPS) is 31.5. The molecule has 126 valence electrons.